The molecule has 0 atom stereocenters. The first kappa shape index (κ1) is 13.1. The normalized spacial score (nSPS) is 10.5. The quantitative estimate of drug-likeness (QED) is 0.649. The predicted octanol–water partition coefficient (Wildman–Crippen LogP) is 1.90. The zero-order chi connectivity index (χ0) is 14.0. The van der Waals surface area contributed by atoms with Crippen molar-refractivity contribution in [2.45, 2.75) is 20.5 Å². The SMILES string of the molecule is Cc1cc(COc2cc(C(=N)N)ccc2C)n(C)n1. The van der Waals surface area contributed by atoms with Crippen LogP contribution in [-0.4, -0.2) is 15.6 Å². The van der Waals surface area contributed by atoms with Crippen LogP contribution in [0.15, 0.2) is 24.3 Å². The van der Waals surface area contributed by atoms with Gasteiger partial charge in [-0.1, -0.05) is 12.1 Å². The maximum absolute atomic E-state index is 7.44. The van der Waals surface area contributed by atoms with E-state index < -0.39 is 0 Å². The van der Waals surface area contributed by atoms with E-state index in [0.29, 0.717) is 12.2 Å². The van der Waals surface area contributed by atoms with Crippen molar-refractivity contribution in [3.63, 3.8) is 0 Å². The molecule has 0 aliphatic carbocycles. The van der Waals surface area contributed by atoms with Crippen molar-refractivity contribution >= 4 is 5.84 Å². The predicted molar refractivity (Wildman–Crippen MR) is 74.5 cm³/mol. The Morgan fingerprint density at radius 2 is 2.11 bits per heavy atom. The Balaban J connectivity index is 2.17. The summed E-state index contributed by atoms with van der Waals surface area (Å²) < 4.78 is 7.60. The summed E-state index contributed by atoms with van der Waals surface area (Å²) in [5.74, 6) is 0.785. The Morgan fingerprint density at radius 1 is 1.37 bits per heavy atom. The van der Waals surface area contributed by atoms with Gasteiger partial charge in [-0.2, -0.15) is 5.10 Å². The first-order valence-corrected chi connectivity index (χ1v) is 6.04. The third-order valence-corrected chi connectivity index (χ3v) is 2.97. The summed E-state index contributed by atoms with van der Waals surface area (Å²) >= 11 is 0. The molecule has 0 radical (unpaired) electrons. The molecule has 3 N–H and O–H groups in total. The number of benzene rings is 1. The highest BCUT2D eigenvalue weighted by Gasteiger charge is 2.06. The van der Waals surface area contributed by atoms with Gasteiger partial charge in [0.2, 0.25) is 0 Å². The van der Waals surface area contributed by atoms with Crippen molar-refractivity contribution in [1.82, 2.24) is 9.78 Å². The molecule has 5 nitrogen and oxygen atoms in total. The molecule has 2 rings (SSSR count). The number of aromatic nitrogens is 2. The zero-order valence-electron chi connectivity index (χ0n) is 11.4. The minimum atomic E-state index is 0.0428. The van der Waals surface area contributed by atoms with Crippen LogP contribution in [0.1, 0.15) is 22.5 Å². The topological polar surface area (TPSA) is 76.9 Å². The molecule has 19 heavy (non-hydrogen) atoms. The lowest BCUT2D eigenvalue weighted by Crippen LogP contribution is -2.11. The standard InChI is InChI=1S/C14H18N4O/c1-9-4-5-11(14(15)16)7-13(9)19-8-12-6-10(2)17-18(12)3/h4-7H,8H2,1-3H3,(H3,15,16). The molecule has 100 valence electrons. The minimum absolute atomic E-state index is 0.0428. The van der Waals surface area contributed by atoms with Gasteiger partial charge in [0, 0.05) is 12.6 Å². The van der Waals surface area contributed by atoms with Gasteiger partial charge in [-0.25, -0.2) is 0 Å². The van der Waals surface area contributed by atoms with Gasteiger partial charge in [0.15, 0.2) is 0 Å². The molecule has 0 saturated heterocycles. The van der Waals surface area contributed by atoms with E-state index in [2.05, 4.69) is 5.10 Å². The highest BCUT2D eigenvalue weighted by Crippen LogP contribution is 2.20. The molecule has 5 heteroatoms. The van der Waals surface area contributed by atoms with Crippen LogP contribution in [0.25, 0.3) is 0 Å². The van der Waals surface area contributed by atoms with Crippen molar-refractivity contribution in [3.05, 3.63) is 46.8 Å². The fraction of sp³-hybridized carbons (Fsp3) is 0.286. The van der Waals surface area contributed by atoms with Gasteiger partial charge >= 0.3 is 0 Å². The molecule has 0 aliphatic rings. The van der Waals surface area contributed by atoms with E-state index in [1.807, 2.05) is 39.1 Å². The van der Waals surface area contributed by atoms with E-state index in [4.69, 9.17) is 15.9 Å². The van der Waals surface area contributed by atoms with Gasteiger partial charge in [0.05, 0.1) is 11.4 Å². The van der Waals surface area contributed by atoms with Crippen LogP contribution < -0.4 is 10.5 Å². The second-order valence-electron chi connectivity index (χ2n) is 4.58. The van der Waals surface area contributed by atoms with Gasteiger partial charge in [0.25, 0.3) is 0 Å². The number of nitrogens with one attached hydrogen (secondary N) is 1. The van der Waals surface area contributed by atoms with Crippen molar-refractivity contribution in [1.29, 1.82) is 5.41 Å². The molecule has 0 saturated carbocycles. The van der Waals surface area contributed by atoms with Crippen molar-refractivity contribution < 1.29 is 4.74 Å². The van der Waals surface area contributed by atoms with Crippen molar-refractivity contribution in [2.24, 2.45) is 12.8 Å². The highest BCUT2D eigenvalue weighted by molar-refractivity contribution is 5.95. The van der Waals surface area contributed by atoms with Crippen molar-refractivity contribution in [2.75, 3.05) is 0 Å². The Labute approximate surface area is 112 Å². The first-order chi connectivity index (χ1) is 8.97. The number of aryl methyl sites for hydroxylation is 3. The summed E-state index contributed by atoms with van der Waals surface area (Å²) in [7, 11) is 1.89. The second kappa shape index (κ2) is 5.14. The summed E-state index contributed by atoms with van der Waals surface area (Å²) in [4.78, 5) is 0. The fourth-order valence-corrected chi connectivity index (χ4v) is 1.87. The maximum atomic E-state index is 7.44. The number of nitrogens with zero attached hydrogens (tertiary/aromatic N) is 2. The summed E-state index contributed by atoms with van der Waals surface area (Å²) in [5.41, 5.74) is 9.14. The molecule has 0 unspecified atom stereocenters. The first-order valence-electron chi connectivity index (χ1n) is 6.04. The largest absolute Gasteiger partial charge is 0.487 e. The molecule has 0 bridgehead atoms. The molecular weight excluding hydrogens is 240 g/mol. The number of nitrogens with two attached hydrogens (primary N) is 1. The molecule has 0 aliphatic heterocycles. The van der Waals surface area contributed by atoms with Gasteiger partial charge in [-0.15, -0.1) is 0 Å². The highest BCUT2D eigenvalue weighted by atomic mass is 16.5. The molecular formula is C14H18N4O. The van der Waals surface area contributed by atoms with E-state index in [0.717, 1.165) is 22.7 Å². The maximum Gasteiger partial charge on any atom is 0.130 e. The van der Waals surface area contributed by atoms with Gasteiger partial charge in [-0.05, 0) is 31.5 Å². The average Bonchev–Trinajstić information content (AvgIpc) is 2.66. The van der Waals surface area contributed by atoms with Gasteiger partial charge in [0.1, 0.15) is 18.2 Å². The smallest absolute Gasteiger partial charge is 0.130 e. The molecule has 0 spiro atoms. The molecule has 1 aromatic carbocycles. The van der Waals surface area contributed by atoms with Crippen molar-refractivity contribution in [3.8, 4) is 5.75 Å². The molecule has 0 amide bonds. The Morgan fingerprint density at radius 3 is 2.68 bits per heavy atom. The fourth-order valence-electron chi connectivity index (χ4n) is 1.87. The number of hydrogen-bond acceptors (Lipinski definition) is 3. The van der Waals surface area contributed by atoms with Crippen LogP contribution in [0, 0.1) is 19.3 Å². The third kappa shape index (κ3) is 2.93. The molecule has 1 aromatic heterocycles. The average molecular weight is 258 g/mol. The Kier molecular flexibility index (Phi) is 3.55. The van der Waals surface area contributed by atoms with E-state index in [9.17, 15) is 0 Å². The number of ether oxygens (including phenoxy) is 1. The zero-order valence-corrected chi connectivity index (χ0v) is 11.4. The molecule has 2 aromatic rings. The van der Waals surface area contributed by atoms with E-state index in [-0.39, 0.29) is 5.84 Å². The van der Waals surface area contributed by atoms with Crippen LogP contribution in [0.5, 0.6) is 5.75 Å². The second-order valence-corrected chi connectivity index (χ2v) is 4.58. The van der Waals surface area contributed by atoms with Crippen LogP contribution >= 0.6 is 0 Å². The molecule has 1 heterocycles. The number of amidine groups is 1. The minimum Gasteiger partial charge on any atom is -0.487 e. The summed E-state index contributed by atoms with van der Waals surface area (Å²) in [5, 5.41) is 11.7. The lowest BCUT2D eigenvalue weighted by atomic mass is 10.1. The van der Waals surface area contributed by atoms with E-state index >= 15 is 0 Å². The summed E-state index contributed by atoms with van der Waals surface area (Å²) in [6.45, 7) is 4.36. The van der Waals surface area contributed by atoms with Gasteiger partial charge in [-0.3, -0.25) is 10.1 Å². The van der Waals surface area contributed by atoms with Gasteiger partial charge < -0.3 is 10.5 Å². The third-order valence-electron chi connectivity index (χ3n) is 2.97. The summed E-state index contributed by atoms with van der Waals surface area (Å²) in [6.07, 6.45) is 0. The number of nitrogen functional groups attached to an aromatic ring is 1. The Bertz CT molecular complexity index is 616. The van der Waals surface area contributed by atoms with Crippen LogP contribution in [-0.2, 0) is 13.7 Å². The van der Waals surface area contributed by atoms with Crippen LogP contribution in [0.2, 0.25) is 0 Å². The number of hydrogen-bond donors (Lipinski definition) is 2. The number of rotatable bonds is 4. The lowest BCUT2D eigenvalue weighted by molar-refractivity contribution is 0.293. The monoisotopic (exact) mass is 258 g/mol. The van der Waals surface area contributed by atoms with Crippen LogP contribution in [0.4, 0.5) is 0 Å². The van der Waals surface area contributed by atoms with E-state index in [1.165, 1.54) is 0 Å². The van der Waals surface area contributed by atoms with Crippen LogP contribution in [0.3, 0.4) is 0 Å². The lowest BCUT2D eigenvalue weighted by Gasteiger charge is -2.10. The Hall–Kier alpha value is -2.30. The summed E-state index contributed by atoms with van der Waals surface area (Å²) in [6, 6.07) is 7.50. The molecule has 0 fully saturated rings. The van der Waals surface area contributed by atoms with E-state index in [1.54, 1.807) is 10.7 Å².